The van der Waals surface area contributed by atoms with Crippen LogP contribution in [0.1, 0.15) is 384 Å². The Hall–Kier alpha value is -4.88. The maximum absolute atomic E-state index is 13.7. The number of carbonyl (C=O) groups excluding carboxylic acids is 3. The minimum atomic E-state index is -3.67. The van der Waals surface area contributed by atoms with Gasteiger partial charge in [0, 0.05) is 162 Å². The highest BCUT2D eigenvalue weighted by Crippen LogP contribution is 2.47. The molecule has 16 saturated heterocycles. The maximum Gasteiger partial charge on any atom is 0.302 e. The second kappa shape index (κ2) is 58.2. The zero-order valence-electron chi connectivity index (χ0n) is 93.7. The number of nitrogens with zero attached hydrogens (tertiary/aromatic N) is 15. The molecular weight excluding hydrogens is 1950 g/mol. The molecule has 0 amide bonds. The normalized spacial score (nSPS) is 30.1. The van der Waals surface area contributed by atoms with Crippen molar-refractivity contribution in [2.75, 3.05) is 77.9 Å². The van der Waals surface area contributed by atoms with E-state index in [-0.39, 0.29) is 121 Å². The van der Waals surface area contributed by atoms with Crippen molar-refractivity contribution in [1.82, 2.24) is 59.1 Å². The first-order valence-corrected chi connectivity index (χ1v) is 57.6. The first kappa shape index (κ1) is 129. The summed E-state index contributed by atoms with van der Waals surface area (Å²) in [5, 5.41) is 33.2. The zero-order valence-corrected chi connectivity index (χ0v) is 96.7. The fourth-order valence-corrected chi connectivity index (χ4v) is 28.9. The van der Waals surface area contributed by atoms with Crippen LogP contribution in [0, 0.1) is 18.6 Å². The van der Waals surface area contributed by atoms with Gasteiger partial charge < -0.3 is 41.6 Å². The van der Waals surface area contributed by atoms with Crippen LogP contribution < -0.4 is 16.8 Å². The van der Waals surface area contributed by atoms with Crippen LogP contribution in [0.2, 0.25) is 15.7 Å². The predicted octanol–water partition coefficient (Wildman–Crippen LogP) is 21.4. The molecule has 0 saturated carbocycles. The monoisotopic (exact) mass is 2140 g/mol. The molecule has 18 heterocycles. The van der Waals surface area contributed by atoms with Gasteiger partial charge in [0.05, 0.1) is 41.7 Å². The molecule has 0 spiro atoms. The highest BCUT2D eigenvalue weighted by atomic mass is 35.5. The van der Waals surface area contributed by atoms with Crippen molar-refractivity contribution in [3.8, 4) is 0 Å². The largest absolute Gasteiger partial charge is 0.462 e. The van der Waals surface area contributed by atoms with Crippen LogP contribution in [-0.4, -0.2) is 314 Å². The molecule has 16 atom stereocenters. The van der Waals surface area contributed by atoms with Crippen molar-refractivity contribution in [3.05, 3.63) is 91.7 Å². The van der Waals surface area contributed by atoms with Crippen LogP contribution in [0.4, 0.5) is 14.6 Å². The number of ether oxygens (including phenoxy) is 2. The molecule has 4 unspecified atom stereocenters. The number of rotatable bonds is 13. The topological polar surface area (TPSA) is 364 Å². The molecule has 147 heavy (non-hydrogen) atoms. The summed E-state index contributed by atoms with van der Waals surface area (Å²) in [5.74, 6) is -0.440. The summed E-state index contributed by atoms with van der Waals surface area (Å²) in [7, 11) is -2.67. The second-order valence-corrected chi connectivity index (χ2v) is 51.6. The summed E-state index contributed by atoms with van der Waals surface area (Å²) >= 11 is 16.2. The number of piperidine rings is 8. The highest BCUT2D eigenvalue weighted by Gasteiger charge is 2.51. The number of aliphatic hydroxyl groups is 3. The Morgan fingerprint density at radius 3 is 1.35 bits per heavy atom. The third-order valence-corrected chi connectivity index (χ3v) is 34.9. The number of benzene rings is 1. The average Bonchev–Trinajstić information content (AvgIpc) is 1.74. The number of nitrogens with one attached hydrogen (secondary N) is 1. The number of aromatic nitrogens is 4. The number of halogens is 5. The van der Waals surface area contributed by atoms with E-state index in [1.807, 2.05) is 27.7 Å². The van der Waals surface area contributed by atoms with Crippen LogP contribution in [0.25, 0.3) is 10.4 Å². The number of aliphatic hydroxyl groups excluding tert-OH is 3. The van der Waals surface area contributed by atoms with Gasteiger partial charge in [0.15, 0.2) is 28.4 Å². The Morgan fingerprint density at radius 1 is 0.551 bits per heavy atom. The number of hydrogen-bond donors (Lipinski definition) is 6. The number of anilines is 1. The molecular formula is C112H195Cl3F2N18O11S. The summed E-state index contributed by atoms with van der Waals surface area (Å²) in [5.41, 5.74) is 23.5. The number of nitrogens with two attached hydrogens (primary N) is 2. The van der Waals surface area contributed by atoms with E-state index in [1.54, 1.807) is 37.3 Å². The number of allylic oxidation sites excluding steroid dienone is 2. The maximum atomic E-state index is 13.7. The van der Waals surface area contributed by atoms with E-state index < -0.39 is 21.8 Å². The number of hydrogen-bond acceptors (Lipinski definition) is 27. The van der Waals surface area contributed by atoms with Crippen LogP contribution in [0.15, 0.2) is 58.3 Å². The molecule has 0 radical (unpaired) electrons. The van der Waals surface area contributed by atoms with Crippen LogP contribution in [0.5, 0.6) is 0 Å². The Kier molecular flexibility index (Phi) is 51.1. The van der Waals surface area contributed by atoms with Gasteiger partial charge in [-0.1, -0.05) is 47.4 Å². The number of Topliss-reactive ketones (excluding diaryl/α,β-unsaturated/α-hetero) is 1. The van der Waals surface area contributed by atoms with Gasteiger partial charge in [-0.25, -0.2) is 23.7 Å². The van der Waals surface area contributed by atoms with E-state index in [1.165, 1.54) is 162 Å². The molecule has 19 rings (SSSR count). The third-order valence-electron chi connectivity index (χ3n) is 32.9. The van der Waals surface area contributed by atoms with E-state index in [0.29, 0.717) is 65.8 Å². The fourth-order valence-electron chi connectivity index (χ4n) is 27.4. The zero-order chi connectivity index (χ0) is 108. The summed E-state index contributed by atoms with van der Waals surface area (Å²) in [4.78, 5) is 70.7. The van der Waals surface area contributed by atoms with Gasteiger partial charge in [0.25, 0.3) is 10.1 Å². The van der Waals surface area contributed by atoms with Gasteiger partial charge in [-0.05, 0) is 451 Å². The Labute approximate surface area is 899 Å². The van der Waals surface area contributed by atoms with Crippen molar-refractivity contribution in [2.24, 2.45) is 16.6 Å². The lowest BCUT2D eigenvalue weighted by Gasteiger charge is -2.47. The Bertz CT molecular complexity index is 4630. The van der Waals surface area contributed by atoms with Gasteiger partial charge in [0.2, 0.25) is 10.6 Å². The predicted molar refractivity (Wildman–Crippen MR) is 592 cm³/mol. The highest BCUT2D eigenvalue weighted by molar-refractivity contribution is 7.86. The SMILES string of the molecule is C.CC(=O)C=C(C)C.CC(=O)O[C@@H]1C[C@H]2CCCN2C(C)(C)C1.CC1(C)CC(=O)CC2CCCN21.CC1(C)CC(O)CC2CCCN21.CC1(C)C[C@@H](O)C[C@@H]2CCCN21.CC1(C)C[C@H](N)C[C@@H]2CCCN21.CC1(C)C[C@H](N=[N+]=[N-])C[C@@H]2CCCN21.CC1(C)C[C@H](Nc2nc(Cl)ncc2F)C[C@@H]2CCCN21.CCOC(C)CCCN.CO.Cc1ccc(S(=O)(=O)O[C@H]2C[C@@H]3CCCN3C(C)(C)C2)cc1.Fc1cnc(Cl)nc1Cl. The number of esters is 1. The average molecular weight is 2150 g/mol. The van der Waals surface area contributed by atoms with E-state index in [4.69, 9.17) is 70.6 Å². The van der Waals surface area contributed by atoms with Gasteiger partial charge in [-0.15, -0.1) is 0 Å². The van der Waals surface area contributed by atoms with Crippen molar-refractivity contribution in [3.63, 3.8) is 0 Å². The summed E-state index contributed by atoms with van der Waals surface area (Å²) in [6, 6.07) is 12.8. The first-order chi connectivity index (χ1) is 68.4. The van der Waals surface area contributed by atoms with Gasteiger partial charge in [0.1, 0.15) is 11.9 Å². The number of aryl methyl sites for hydroxylation is 1. The van der Waals surface area contributed by atoms with Gasteiger partial charge in [-0.2, -0.15) is 13.4 Å². The number of azide groups is 1. The first-order valence-electron chi connectivity index (χ1n) is 55.1. The Morgan fingerprint density at radius 2 is 0.932 bits per heavy atom. The summed E-state index contributed by atoms with van der Waals surface area (Å²) < 4.78 is 67.1. The van der Waals surface area contributed by atoms with E-state index in [9.17, 15) is 41.8 Å². The van der Waals surface area contributed by atoms with E-state index in [2.05, 4.69) is 192 Å². The fraction of sp³-hybridized carbons (Fsp3) is 0.830. The molecule has 16 aliphatic rings. The van der Waals surface area contributed by atoms with Gasteiger partial charge >= 0.3 is 5.97 Å². The lowest BCUT2D eigenvalue weighted by Crippen LogP contribution is -2.55. The third kappa shape index (κ3) is 39.2. The molecule has 35 heteroatoms. The molecule has 8 N–H and O–H groups in total. The summed E-state index contributed by atoms with van der Waals surface area (Å²) in [6.07, 6.45) is 42.0. The van der Waals surface area contributed by atoms with Gasteiger partial charge in [-0.3, -0.25) is 57.8 Å². The lowest BCUT2D eigenvalue weighted by molar-refractivity contribution is -0.152. The standard InChI is InChI=1S/C17H25NO3S.C14H20ClFN4.C12H21NO2.C10H18N4.C10H20N2.2C10H19NO.C10H17NO.C7H17NO.C6H10O.C4HCl2FN2.CH4O.CH4/c1-13-6-8-16(9-7-13)22(19,20)21-15-11-14-5-4-10-18(14)17(2,3)12-15;1-14(2)7-9(6-10-4-3-5-20(10)14)18-12-11(16)8-17-13(15)19-12;1-9(14)15-11-7-10-5-4-6-13(10)12(2,3)8-11;1-10(2)7-8(12-13-11)6-9-4-3-5-14(9)10;1-10(2)7-8(11)6-9-4-3-5-12(9)10;3*1-10(2)7-9(12)6-8-4-3-5-11(8)10;1-3-9-7(2)5-4-6-8;1-5(2)4-6(3)7;5-3-2(7)1-8-4(6)9-3;1-2;/h6-9,14-15H,4-5,10-12H2,1-3H3;8-10H,3-7H2,1-2H3,(H,17,18,19);10-11H,4-8H2,1-3H3;8-9H,3-7H2,1-2H3;8-9H,3-7,11H2,1-2H3;2*8-9,12H,3-7H2,1-2H3;8H,3-7H2,1-2H3;7H,3-6,8H2,1-2H3;4H,1-3H3;1H;2H,1H3;1H4/t14-,15-;9-,10+;10-,11-;2*8-,9+;8-,9-;;;;;;;/m011110......./s1. The molecule has 840 valence electrons. The molecule has 2 aromatic heterocycles. The smallest absolute Gasteiger partial charge is 0.302 e. The number of carbonyl (C=O) groups is 3. The lowest BCUT2D eigenvalue weighted by atomic mass is 9.84. The second-order valence-electron chi connectivity index (χ2n) is 49.0. The van der Waals surface area contributed by atoms with Crippen molar-refractivity contribution >= 4 is 68.3 Å². The molecule has 0 aliphatic carbocycles. The summed E-state index contributed by atoms with van der Waals surface area (Å²) in [6.45, 7) is 60.3. The van der Waals surface area contributed by atoms with E-state index in [0.717, 1.165) is 166 Å². The molecule has 1 aromatic carbocycles. The van der Waals surface area contributed by atoms with Crippen molar-refractivity contribution in [2.45, 2.75) is 531 Å². The molecule has 0 bridgehead atoms. The van der Waals surface area contributed by atoms with Crippen molar-refractivity contribution in [1.29, 1.82) is 0 Å². The van der Waals surface area contributed by atoms with Crippen LogP contribution in [0.3, 0.4) is 0 Å². The van der Waals surface area contributed by atoms with Crippen LogP contribution >= 0.6 is 34.8 Å². The van der Waals surface area contributed by atoms with Crippen LogP contribution in [-0.2, 0) is 38.2 Å². The number of fused-ring (bicyclic) bond motifs is 8. The number of ketones is 2. The van der Waals surface area contributed by atoms with Crippen molar-refractivity contribution < 1.29 is 60.6 Å². The quantitative estimate of drug-likeness (QED) is 0.0135. The minimum Gasteiger partial charge on any atom is -0.462 e. The minimum absolute atomic E-state index is 0. The van der Waals surface area contributed by atoms with E-state index >= 15 is 0 Å². The Balaban J connectivity index is 0.000000221. The molecule has 16 aliphatic heterocycles. The molecule has 29 nitrogen and oxygen atoms in total. The molecule has 16 fully saturated rings. The molecule has 3 aromatic rings.